The van der Waals surface area contributed by atoms with Crippen molar-refractivity contribution >= 4 is 0 Å². The van der Waals surface area contributed by atoms with Gasteiger partial charge in [-0.25, -0.2) is 0 Å². The average molecular weight is 391 g/mol. The number of hydrogen-bond donors (Lipinski definition) is 2. The predicted octanol–water partition coefficient (Wildman–Crippen LogP) is 6.19. The maximum atomic E-state index is 10.2. The Morgan fingerprint density at radius 2 is 1.57 bits per heavy atom. The van der Waals surface area contributed by atoms with E-state index in [4.69, 9.17) is 0 Å². The van der Waals surface area contributed by atoms with Gasteiger partial charge in [0.1, 0.15) is 0 Å². The summed E-state index contributed by atoms with van der Waals surface area (Å²) in [5, 5.41) is 20.4. The number of rotatable bonds is 4. The third-order valence-electron chi connectivity index (χ3n) is 10.2. The molecule has 0 aliphatic heterocycles. The van der Waals surface area contributed by atoms with Gasteiger partial charge in [0, 0.05) is 0 Å². The second-order valence-electron chi connectivity index (χ2n) is 12.3. The monoisotopic (exact) mass is 390 g/mol. The van der Waals surface area contributed by atoms with Gasteiger partial charge in [-0.15, -0.1) is 0 Å². The van der Waals surface area contributed by atoms with E-state index in [1.165, 1.54) is 57.8 Å². The molecule has 0 radical (unpaired) electrons. The van der Waals surface area contributed by atoms with E-state index in [0.717, 1.165) is 60.7 Å². The Morgan fingerprint density at radius 3 is 2.32 bits per heavy atom. The van der Waals surface area contributed by atoms with Gasteiger partial charge < -0.3 is 10.2 Å². The molecule has 0 aromatic rings. The SMILES string of the molecule is CC(CCC(C)(C)O)C1CCC2C3CCC4CCC(O)CCC4C3CCC12C. The van der Waals surface area contributed by atoms with Crippen LogP contribution in [0.4, 0.5) is 0 Å². The van der Waals surface area contributed by atoms with E-state index in [1.54, 1.807) is 0 Å². The van der Waals surface area contributed by atoms with Crippen LogP contribution in [0.25, 0.3) is 0 Å². The molecule has 9 atom stereocenters. The molecule has 0 heterocycles. The van der Waals surface area contributed by atoms with Gasteiger partial charge in [0.2, 0.25) is 0 Å². The van der Waals surface area contributed by atoms with Crippen LogP contribution in [0.3, 0.4) is 0 Å². The fourth-order valence-corrected chi connectivity index (χ4v) is 8.74. The van der Waals surface area contributed by atoms with Gasteiger partial charge in [-0.05, 0) is 138 Å². The zero-order valence-electron chi connectivity index (χ0n) is 19.0. The second-order valence-corrected chi connectivity index (χ2v) is 12.3. The Kier molecular flexibility index (Phi) is 5.95. The van der Waals surface area contributed by atoms with Gasteiger partial charge in [-0.2, -0.15) is 0 Å². The normalized spacial score (nSPS) is 47.6. The predicted molar refractivity (Wildman–Crippen MR) is 116 cm³/mol. The van der Waals surface area contributed by atoms with Gasteiger partial charge >= 0.3 is 0 Å². The molecule has 4 rings (SSSR count). The minimum Gasteiger partial charge on any atom is -0.393 e. The van der Waals surface area contributed by atoms with Crippen molar-refractivity contribution in [3.63, 3.8) is 0 Å². The number of hydrogen-bond acceptors (Lipinski definition) is 2. The molecule has 2 heteroatoms. The van der Waals surface area contributed by atoms with Crippen LogP contribution >= 0.6 is 0 Å². The molecule has 0 aromatic heterocycles. The minimum atomic E-state index is -0.521. The molecular weight excluding hydrogens is 344 g/mol. The van der Waals surface area contributed by atoms with E-state index in [9.17, 15) is 10.2 Å². The molecule has 0 bridgehead atoms. The first kappa shape index (κ1) is 21.2. The van der Waals surface area contributed by atoms with Crippen LogP contribution in [-0.2, 0) is 0 Å². The molecule has 4 fully saturated rings. The highest BCUT2D eigenvalue weighted by molar-refractivity contribution is 5.06. The smallest absolute Gasteiger partial charge is 0.0591 e. The zero-order chi connectivity index (χ0) is 20.1. The van der Waals surface area contributed by atoms with Crippen LogP contribution < -0.4 is 0 Å². The third-order valence-corrected chi connectivity index (χ3v) is 10.2. The Labute approximate surface area is 173 Å². The molecule has 4 saturated carbocycles. The molecule has 9 unspecified atom stereocenters. The van der Waals surface area contributed by atoms with E-state index in [0.29, 0.717) is 5.41 Å². The number of aliphatic hydroxyl groups excluding tert-OH is 1. The van der Waals surface area contributed by atoms with Crippen LogP contribution in [-0.4, -0.2) is 21.9 Å². The Bertz CT molecular complexity index is 537. The van der Waals surface area contributed by atoms with Crippen molar-refractivity contribution in [3.05, 3.63) is 0 Å². The lowest BCUT2D eigenvalue weighted by molar-refractivity contribution is -0.0623. The van der Waals surface area contributed by atoms with E-state index in [-0.39, 0.29) is 6.10 Å². The largest absolute Gasteiger partial charge is 0.393 e. The van der Waals surface area contributed by atoms with Gasteiger partial charge in [0.05, 0.1) is 11.7 Å². The van der Waals surface area contributed by atoms with Crippen molar-refractivity contribution in [1.29, 1.82) is 0 Å². The molecule has 4 aliphatic rings. The maximum absolute atomic E-state index is 10.2. The molecule has 4 aliphatic carbocycles. The summed E-state index contributed by atoms with van der Waals surface area (Å²) in [4.78, 5) is 0. The Morgan fingerprint density at radius 1 is 0.893 bits per heavy atom. The quantitative estimate of drug-likeness (QED) is 0.600. The Hall–Kier alpha value is -0.0800. The summed E-state index contributed by atoms with van der Waals surface area (Å²) >= 11 is 0. The van der Waals surface area contributed by atoms with Crippen LogP contribution in [0.2, 0.25) is 0 Å². The van der Waals surface area contributed by atoms with Crippen molar-refractivity contribution in [2.75, 3.05) is 0 Å². The summed E-state index contributed by atoms with van der Waals surface area (Å²) in [7, 11) is 0. The van der Waals surface area contributed by atoms with Crippen molar-refractivity contribution in [1.82, 2.24) is 0 Å². The van der Waals surface area contributed by atoms with Gasteiger partial charge in [-0.1, -0.05) is 13.8 Å². The molecular formula is C26H46O2. The van der Waals surface area contributed by atoms with Crippen molar-refractivity contribution < 1.29 is 10.2 Å². The minimum absolute atomic E-state index is 0.0228. The van der Waals surface area contributed by atoms with E-state index >= 15 is 0 Å². The van der Waals surface area contributed by atoms with Gasteiger partial charge in [0.15, 0.2) is 0 Å². The summed E-state index contributed by atoms with van der Waals surface area (Å²) in [6.07, 6.45) is 15.4. The molecule has 2 N–H and O–H groups in total. The van der Waals surface area contributed by atoms with Crippen molar-refractivity contribution in [3.8, 4) is 0 Å². The van der Waals surface area contributed by atoms with Crippen LogP contribution in [0.5, 0.6) is 0 Å². The average Bonchev–Trinajstić information content (AvgIpc) is 2.87. The fraction of sp³-hybridized carbons (Fsp3) is 1.00. The summed E-state index contributed by atoms with van der Waals surface area (Å²) in [5.74, 6) is 6.26. The molecule has 0 aromatic carbocycles. The van der Waals surface area contributed by atoms with E-state index in [2.05, 4.69) is 13.8 Å². The molecule has 2 nitrogen and oxygen atoms in total. The highest BCUT2D eigenvalue weighted by Crippen LogP contribution is 2.65. The number of aliphatic hydroxyl groups is 2. The van der Waals surface area contributed by atoms with Crippen LogP contribution in [0.15, 0.2) is 0 Å². The first-order valence-corrected chi connectivity index (χ1v) is 12.6. The molecule has 0 saturated heterocycles. The van der Waals surface area contributed by atoms with E-state index in [1.807, 2.05) is 13.8 Å². The van der Waals surface area contributed by atoms with Gasteiger partial charge in [0.25, 0.3) is 0 Å². The molecule has 0 amide bonds. The highest BCUT2D eigenvalue weighted by Gasteiger charge is 2.57. The van der Waals surface area contributed by atoms with Crippen molar-refractivity contribution in [2.24, 2.45) is 46.8 Å². The lowest BCUT2D eigenvalue weighted by atomic mass is 9.50. The Balaban J connectivity index is 1.46. The first-order chi connectivity index (χ1) is 13.2. The second kappa shape index (κ2) is 7.88. The van der Waals surface area contributed by atoms with Crippen LogP contribution in [0.1, 0.15) is 105 Å². The molecule has 162 valence electrons. The summed E-state index contributed by atoms with van der Waals surface area (Å²) < 4.78 is 0. The van der Waals surface area contributed by atoms with Gasteiger partial charge in [-0.3, -0.25) is 0 Å². The first-order valence-electron chi connectivity index (χ1n) is 12.6. The standard InChI is InChI=1S/C26H46O2/c1-17(13-15-25(2,3)28)23-11-12-24-22-9-6-18-5-7-19(27)8-10-20(18)21(22)14-16-26(23,24)4/h17-24,27-28H,5-16H2,1-4H3. The summed E-state index contributed by atoms with van der Waals surface area (Å²) in [6, 6.07) is 0. The summed E-state index contributed by atoms with van der Waals surface area (Å²) in [6.45, 7) is 9.05. The van der Waals surface area contributed by atoms with Crippen LogP contribution in [0, 0.1) is 46.8 Å². The lowest BCUT2D eigenvalue weighted by Crippen LogP contribution is -2.48. The summed E-state index contributed by atoms with van der Waals surface area (Å²) in [5.41, 5.74) is 0.0184. The fourth-order valence-electron chi connectivity index (χ4n) is 8.74. The number of fused-ring (bicyclic) bond motifs is 5. The lowest BCUT2D eigenvalue weighted by Gasteiger charge is -2.55. The van der Waals surface area contributed by atoms with Crippen molar-refractivity contribution in [2.45, 2.75) is 116 Å². The third kappa shape index (κ3) is 3.94. The molecule has 28 heavy (non-hydrogen) atoms. The highest BCUT2D eigenvalue weighted by atomic mass is 16.3. The zero-order valence-corrected chi connectivity index (χ0v) is 19.0. The van der Waals surface area contributed by atoms with E-state index < -0.39 is 5.60 Å². The molecule has 0 spiro atoms. The maximum Gasteiger partial charge on any atom is 0.0591 e. The topological polar surface area (TPSA) is 40.5 Å².